The number of hydrogen-bond acceptors (Lipinski definition) is 2. The summed E-state index contributed by atoms with van der Waals surface area (Å²) < 4.78 is 0. The summed E-state index contributed by atoms with van der Waals surface area (Å²) in [5.41, 5.74) is 0.0318. The number of unbranched alkanes of at least 4 members (excludes halogenated alkanes) is 1. The van der Waals surface area contributed by atoms with E-state index in [4.69, 9.17) is 0 Å². The highest BCUT2D eigenvalue weighted by atomic mass is 16.1. The minimum atomic E-state index is 0.0318. The van der Waals surface area contributed by atoms with Gasteiger partial charge in [0.2, 0.25) is 0 Å². The van der Waals surface area contributed by atoms with Crippen LogP contribution in [0.2, 0.25) is 0 Å². The average molecular weight is 185 g/mol. The fraction of sp³-hybridized carbons (Fsp3) is 0.909. The first-order valence-corrected chi connectivity index (χ1v) is 5.15. The van der Waals surface area contributed by atoms with Gasteiger partial charge >= 0.3 is 0 Å². The Bertz CT molecular complexity index is 158. The van der Waals surface area contributed by atoms with Crippen LogP contribution in [0.15, 0.2) is 0 Å². The molecule has 0 spiro atoms. The maximum absolute atomic E-state index is 11.3. The standard InChI is InChI=1S/C11H23NO/c1-6-7-8-10(9(2)13)12-11(3,4)5/h10,12H,6-8H2,1-5H3. The molecule has 1 N–H and O–H groups in total. The molecular weight excluding hydrogens is 162 g/mol. The fourth-order valence-corrected chi connectivity index (χ4v) is 1.31. The number of ketones is 1. The van der Waals surface area contributed by atoms with Crippen LogP contribution in [0.5, 0.6) is 0 Å². The summed E-state index contributed by atoms with van der Waals surface area (Å²) in [6.45, 7) is 10.1. The van der Waals surface area contributed by atoms with Gasteiger partial charge in [0.25, 0.3) is 0 Å². The van der Waals surface area contributed by atoms with Crippen molar-refractivity contribution < 1.29 is 4.79 Å². The maximum Gasteiger partial charge on any atom is 0.146 e. The van der Waals surface area contributed by atoms with Gasteiger partial charge in [-0.3, -0.25) is 4.79 Å². The molecule has 0 radical (unpaired) electrons. The van der Waals surface area contributed by atoms with Crippen molar-refractivity contribution in [3.8, 4) is 0 Å². The van der Waals surface area contributed by atoms with Crippen molar-refractivity contribution in [1.82, 2.24) is 5.32 Å². The fourth-order valence-electron chi connectivity index (χ4n) is 1.31. The first-order valence-electron chi connectivity index (χ1n) is 5.15. The Morgan fingerprint density at radius 1 is 1.38 bits per heavy atom. The van der Waals surface area contributed by atoms with Crippen molar-refractivity contribution in [3.05, 3.63) is 0 Å². The van der Waals surface area contributed by atoms with Crippen LogP contribution < -0.4 is 5.32 Å². The second-order valence-corrected chi connectivity index (χ2v) is 4.70. The molecule has 0 saturated heterocycles. The van der Waals surface area contributed by atoms with Gasteiger partial charge in [0, 0.05) is 5.54 Å². The smallest absolute Gasteiger partial charge is 0.146 e. The van der Waals surface area contributed by atoms with E-state index >= 15 is 0 Å². The van der Waals surface area contributed by atoms with E-state index in [1.165, 1.54) is 0 Å². The molecule has 2 heteroatoms. The van der Waals surface area contributed by atoms with E-state index in [-0.39, 0.29) is 17.4 Å². The highest BCUT2D eigenvalue weighted by Gasteiger charge is 2.19. The summed E-state index contributed by atoms with van der Waals surface area (Å²) in [5.74, 6) is 0.253. The van der Waals surface area contributed by atoms with Crippen molar-refractivity contribution in [1.29, 1.82) is 0 Å². The zero-order chi connectivity index (χ0) is 10.5. The molecule has 0 aromatic heterocycles. The third-order valence-corrected chi connectivity index (χ3v) is 1.94. The zero-order valence-corrected chi connectivity index (χ0v) is 9.61. The number of carbonyl (C=O) groups is 1. The first-order chi connectivity index (χ1) is 5.87. The van der Waals surface area contributed by atoms with Crippen LogP contribution in [0.4, 0.5) is 0 Å². The maximum atomic E-state index is 11.3. The van der Waals surface area contributed by atoms with Crippen molar-refractivity contribution in [2.45, 2.75) is 65.5 Å². The average Bonchev–Trinajstić information content (AvgIpc) is 1.95. The number of nitrogens with one attached hydrogen (secondary N) is 1. The molecule has 2 nitrogen and oxygen atoms in total. The molecule has 0 aromatic rings. The minimum absolute atomic E-state index is 0.0318. The molecule has 1 atom stereocenters. The molecule has 0 bridgehead atoms. The topological polar surface area (TPSA) is 29.1 Å². The van der Waals surface area contributed by atoms with Gasteiger partial charge in [-0.25, -0.2) is 0 Å². The second kappa shape index (κ2) is 5.38. The van der Waals surface area contributed by atoms with Crippen LogP contribution in [0.1, 0.15) is 53.9 Å². The Labute approximate surface area is 82.1 Å². The van der Waals surface area contributed by atoms with Crippen LogP contribution in [-0.4, -0.2) is 17.4 Å². The van der Waals surface area contributed by atoms with Gasteiger partial charge in [0.15, 0.2) is 0 Å². The van der Waals surface area contributed by atoms with Gasteiger partial charge in [0.05, 0.1) is 6.04 Å². The molecule has 78 valence electrons. The monoisotopic (exact) mass is 185 g/mol. The van der Waals surface area contributed by atoms with Gasteiger partial charge in [-0.1, -0.05) is 19.8 Å². The SMILES string of the molecule is CCCCC(NC(C)(C)C)C(C)=O. The molecule has 0 aliphatic rings. The lowest BCUT2D eigenvalue weighted by molar-refractivity contribution is -0.119. The number of hydrogen-bond donors (Lipinski definition) is 1. The molecule has 0 amide bonds. The highest BCUT2D eigenvalue weighted by Crippen LogP contribution is 2.07. The second-order valence-electron chi connectivity index (χ2n) is 4.70. The Morgan fingerprint density at radius 2 is 1.92 bits per heavy atom. The molecule has 0 aromatic carbocycles. The number of Topliss-reactive ketones (excluding diaryl/α,β-unsaturated/α-hetero) is 1. The highest BCUT2D eigenvalue weighted by molar-refractivity contribution is 5.81. The predicted octanol–water partition coefficient (Wildman–Crippen LogP) is 2.52. The van der Waals surface area contributed by atoms with Crippen LogP contribution >= 0.6 is 0 Å². The third kappa shape index (κ3) is 6.76. The van der Waals surface area contributed by atoms with E-state index in [1.807, 2.05) is 0 Å². The van der Waals surface area contributed by atoms with Crippen molar-refractivity contribution >= 4 is 5.78 Å². The lowest BCUT2D eigenvalue weighted by Gasteiger charge is -2.26. The van der Waals surface area contributed by atoms with Crippen LogP contribution in [0.25, 0.3) is 0 Å². The van der Waals surface area contributed by atoms with Crippen LogP contribution in [0, 0.1) is 0 Å². The van der Waals surface area contributed by atoms with Gasteiger partial charge in [0.1, 0.15) is 5.78 Å². The van der Waals surface area contributed by atoms with E-state index in [0.29, 0.717) is 0 Å². The van der Waals surface area contributed by atoms with Gasteiger partial charge < -0.3 is 5.32 Å². The summed E-state index contributed by atoms with van der Waals surface area (Å²) in [5, 5.41) is 3.34. The van der Waals surface area contributed by atoms with Crippen molar-refractivity contribution in [2.24, 2.45) is 0 Å². The van der Waals surface area contributed by atoms with Gasteiger partial charge in [-0.15, -0.1) is 0 Å². The Kier molecular flexibility index (Phi) is 5.23. The molecule has 1 unspecified atom stereocenters. The zero-order valence-electron chi connectivity index (χ0n) is 9.61. The van der Waals surface area contributed by atoms with Crippen molar-refractivity contribution in [3.63, 3.8) is 0 Å². The normalized spacial score (nSPS) is 14.2. The van der Waals surface area contributed by atoms with Crippen LogP contribution in [-0.2, 0) is 4.79 Å². The third-order valence-electron chi connectivity index (χ3n) is 1.94. The molecule has 0 rings (SSSR count). The summed E-state index contributed by atoms with van der Waals surface area (Å²) in [7, 11) is 0. The van der Waals surface area contributed by atoms with Crippen LogP contribution in [0.3, 0.4) is 0 Å². The summed E-state index contributed by atoms with van der Waals surface area (Å²) in [6.07, 6.45) is 3.23. The lowest BCUT2D eigenvalue weighted by atomic mass is 10.0. The lowest BCUT2D eigenvalue weighted by Crippen LogP contribution is -2.47. The molecule has 0 heterocycles. The van der Waals surface area contributed by atoms with E-state index in [0.717, 1.165) is 19.3 Å². The first kappa shape index (κ1) is 12.6. The quantitative estimate of drug-likeness (QED) is 0.713. The molecule has 0 saturated carbocycles. The largest absolute Gasteiger partial charge is 0.303 e. The summed E-state index contributed by atoms with van der Waals surface area (Å²) >= 11 is 0. The minimum Gasteiger partial charge on any atom is -0.303 e. The molecule has 0 aliphatic carbocycles. The Balaban J connectivity index is 4.03. The summed E-state index contributed by atoms with van der Waals surface area (Å²) in [6, 6.07) is 0.0416. The van der Waals surface area contributed by atoms with Crippen molar-refractivity contribution in [2.75, 3.05) is 0 Å². The van der Waals surface area contributed by atoms with Gasteiger partial charge in [-0.05, 0) is 34.1 Å². The molecule has 0 fully saturated rings. The summed E-state index contributed by atoms with van der Waals surface area (Å²) in [4.78, 5) is 11.3. The number of carbonyl (C=O) groups excluding carboxylic acids is 1. The molecule has 13 heavy (non-hydrogen) atoms. The van der Waals surface area contributed by atoms with E-state index in [2.05, 4.69) is 33.0 Å². The Hall–Kier alpha value is -0.370. The molecule has 0 aliphatic heterocycles. The Morgan fingerprint density at radius 3 is 2.23 bits per heavy atom. The van der Waals surface area contributed by atoms with Gasteiger partial charge in [-0.2, -0.15) is 0 Å². The van der Waals surface area contributed by atoms with E-state index in [1.54, 1.807) is 6.92 Å². The number of rotatable bonds is 5. The predicted molar refractivity (Wildman–Crippen MR) is 56.9 cm³/mol. The molecular formula is C11H23NO. The van der Waals surface area contributed by atoms with E-state index in [9.17, 15) is 4.79 Å². The van der Waals surface area contributed by atoms with E-state index < -0.39 is 0 Å².